The van der Waals surface area contributed by atoms with Crippen molar-refractivity contribution in [2.45, 2.75) is 13.5 Å². The summed E-state index contributed by atoms with van der Waals surface area (Å²) < 4.78 is 15.7. The maximum atomic E-state index is 13.1. The van der Waals surface area contributed by atoms with Crippen molar-refractivity contribution in [2.24, 2.45) is 0 Å². The molecule has 0 saturated carbocycles. The van der Waals surface area contributed by atoms with Crippen molar-refractivity contribution in [3.05, 3.63) is 28.8 Å². The molecule has 5 heteroatoms. The van der Waals surface area contributed by atoms with Gasteiger partial charge in [0, 0.05) is 13.1 Å². The second-order valence-electron chi connectivity index (χ2n) is 4.14. The minimum absolute atomic E-state index is 0.244. The van der Waals surface area contributed by atoms with Crippen LogP contribution in [-0.4, -0.2) is 34.6 Å². The Hall–Kier alpha value is -1.20. The SMILES string of the molecule is CCN(C)CCn1c(=S)[nH]c2cc(F)ccc21. The predicted molar refractivity (Wildman–Crippen MR) is 70.3 cm³/mol. The normalized spacial score (nSPS) is 11.5. The maximum Gasteiger partial charge on any atom is 0.178 e. The smallest absolute Gasteiger partial charge is 0.178 e. The average Bonchev–Trinajstić information content (AvgIpc) is 2.61. The Labute approximate surface area is 105 Å². The van der Waals surface area contributed by atoms with E-state index in [-0.39, 0.29) is 5.82 Å². The third kappa shape index (κ3) is 2.56. The molecule has 0 atom stereocenters. The van der Waals surface area contributed by atoms with Crippen LogP contribution in [0.4, 0.5) is 4.39 Å². The fourth-order valence-electron chi connectivity index (χ4n) is 1.79. The van der Waals surface area contributed by atoms with E-state index in [1.54, 1.807) is 6.07 Å². The second kappa shape index (κ2) is 4.98. The molecule has 0 spiro atoms. The molecule has 1 aromatic heterocycles. The van der Waals surface area contributed by atoms with E-state index in [1.807, 2.05) is 4.57 Å². The summed E-state index contributed by atoms with van der Waals surface area (Å²) in [6, 6.07) is 4.71. The zero-order valence-corrected chi connectivity index (χ0v) is 10.9. The molecule has 0 aliphatic rings. The fourth-order valence-corrected chi connectivity index (χ4v) is 2.09. The minimum Gasteiger partial charge on any atom is -0.330 e. The van der Waals surface area contributed by atoms with Crippen LogP contribution in [0.1, 0.15) is 6.92 Å². The van der Waals surface area contributed by atoms with E-state index in [0.717, 1.165) is 30.7 Å². The summed E-state index contributed by atoms with van der Waals surface area (Å²) in [5.41, 5.74) is 1.72. The number of aromatic amines is 1. The van der Waals surface area contributed by atoms with Crippen molar-refractivity contribution >= 4 is 23.3 Å². The largest absolute Gasteiger partial charge is 0.330 e. The Bertz CT molecular complexity index is 573. The van der Waals surface area contributed by atoms with Crippen molar-refractivity contribution in [3.63, 3.8) is 0 Å². The molecule has 0 unspecified atom stereocenters. The van der Waals surface area contributed by atoms with E-state index in [1.165, 1.54) is 12.1 Å². The summed E-state index contributed by atoms with van der Waals surface area (Å²) in [7, 11) is 2.07. The highest BCUT2D eigenvalue weighted by Gasteiger charge is 2.05. The van der Waals surface area contributed by atoms with Gasteiger partial charge in [0.1, 0.15) is 5.82 Å². The zero-order valence-electron chi connectivity index (χ0n) is 10.0. The third-order valence-corrected chi connectivity index (χ3v) is 3.30. The molecule has 0 aliphatic carbocycles. The number of H-pyrrole nitrogens is 1. The van der Waals surface area contributed by atoms with Gasteiger partial charge in [0.25, 0.3) is 0 Å². The predicted octanol–water partition coefficient (Wildman–Crippen LogP) is 2.79. The molecule has 2 aromatic rings. The number of halogens is 1. The number of nitrogens with zero attached hydrogens (tertiary/aromatic N) is 2. The van der Waals surface area contributed by atoms with Crippen molar-refractivity contribution in [2.75, 3.05) is 20.1 Å². The summed E-state index contributed by atoms with van der Waals surface area (Å²) >= 11 is 5.25. The van der Waals surface area contributed by atoms with Crippen molar-refractivity contribution in [1.29, 1.82) is 0 Å². The summed E-state index contributed by atoms with van der Waals surface area (Å²) in [5.74, 6) is -0.244. The number of aromatic nitrogens is 2. The summed E-state index contributed by atoms with van der Waals surface area (Å²) in [6.07, 6.45) is 0. The van der Waals surface area contributed by atoms with Crippen LogP contribution in [0.3, 0.4) is 0 Å². The highest BCUT2D eigenvalue weighted by Crippen LogP contribution is 2.15. The number of hydrogen-bond acceptors (Lipinski definition) is 2. The van der Waals surface area contributed by atoms with E-state index in [4.69, 9.17) is 12.2 Å². The Morgan fingerprint density at radius 1 is 1.47 bits per heavy atom. The molecule has 17 heavy (non-hydrogen) atoms. The number of nitrogens with one attached hydrogen (secondary N) is 1. The minimum atomic E-state index is -0.244. The molecule has 0 saturated heterocycles. The van der Waals surface area contributed by atoms with E-state index >= 15 is 0 Å². The van der Waals surface area contributed by atoms with Gasteiger partial charge in [-0.2, -0.15) is 0 Å². The molecule has 0 amide bonds. The third-order valence-electron chi connectivity index (χ3n) is 2.98. The number of imidazole rings is 1. The summed E-state index contributed by atoms with van der Waals surface area (Å²) in [6.45, 7) is 4.86. The molecule has 1 heterocycles. The van der Waals surface area contributed by atoms with Gasteiger partial charge in [-0.3, -0.25) is 0 Å². The highest BCUT2D eigenvalue weighted by atomic mass is 32.1. The van der Waals surface area contributed by atoms with Gasteiger partial charge in [0.15, 0.2) is 4.77 Å². The van der Waals surface area contributed by atoms with Gasteiger partial charge in [0.2, 0.25) is 0 Å². The molecule has 0 aliphatic heterocycles. The van der Waals surface area contributed by atoms with Gasteiger partial charge in [-0.15, -0.1) is 0 Å². The van der Waals surface area contributed by atoms with Crippen LogP contribution in [0.25, 0.3) is 11.0 Å². The Balaban J connectivity index is 2.33. The van der Waals surface area contributed by atoms with Crippen LogP contribution in [0, 0.1) is 10.6 Å². The lowest BCUT2D eigenvalue weighted by molar-refractivity contribution is 0.336. The van der Waals surface area contributed by atoms with Crippen molar-refractivity contribution in [1.82, 2.24) is 14.5 Å². The first-order valence-corrected chi connectivity index (χ1v) is 6.09. The van der Waals surface area contributed by atoms with Crippen molar-refractivity contribution in [3.8, 4) is 0 Å². The molecule has 0 radical (unpaired) electrons. The van der Waals surface area contributed by atoms with Crippen LogP contribution in [0.15, 0.2) is 18.2 Å². The molecule has 0 bridgehead atoms. The average molecular weight is 253 g/mol. The van der Waals surface area contributed by atoms with E-state index in [0.29, 0.717) is 4.77 Å². The number of hydrogen-bond donors (Lipinski definition) is 1. The standard InChI is InChI=1S/C12H16FN3S/c1-3-15(2)6-7-16-11-5-4-9(13)8-10(11)14-12(16)17/h4-5,8H,3,6-7H2,1-2H3,(H,14,17). The van der Waals surface area contributed by atoms with Crippen molar-refractivity contribution < 1.29 is 4.39 Å². The van der Waals surface area contributed by atoms with Gasteiger partial charge in [0.05, 0.1) is 11.0 Å². The summed E-state index contributed by atoms with van der Waals surface area (Å²) in [4.78, 5) is 5.24. The topological polar surface area (TPSA) is 24.0 Å². The van der Waals surface area contributed by atoms with Gasteiger partial charge in [-0.25, -0.2) is 4.39 Å². The first-order valence-electron chi connectivity index (χ1n) is 5.68. The Morgan fingerprint density at radius 3 is 2.94 bits per heavy atom. The Kier molecular flexibility index (Phi) is 3.59. The van der Waals surface area contributed by atoms with Crippen LogP contribution in [0.5, 0.6) is 0 Å². The number of benzene rings is 1. The molecular formula is C12H16FN3S. The number of rotatable bonds is 4. The maximum absolute atomic E-state index is 13.1. The van der Waals surface area contributed by atoms with Crippen LogP contribution in [-0.2, 0) is 6.54 Å². The first-order chi connectivity index (χ1) is 8.11. The first kappa shape index (κ1) is 12.3. The Morgan fingerprint density at radius 2 is 2.24 bits per heavy atom. The molecule has 2 rings (SSSR count). The molecule has 1 aromatic carbocycles. The second-order valence-corrected chi connectivity index (χ2v) is 4.53. The van der Waals surface area contributed by atoms with Crippen LogP contribution < -0.4 is 0 Å². The highest BCUT2D eigenvalue weighted by molar-refractivity contribution is 7.71. The van der Waals surface area contributed by atoms with E-state index < -0.39 is 0 Å². The number of fused-ring (bicyclic) bond motifs is 1. The van der Waals surface area contributed by atoms with Gasteiger partial charge >= 0.3 is 0 Å². The van der Waals surface area contributed by atoms with Crippen LogP contribution in [0.2, 0.25) is 0 Å². The lowest BCUT2D eigenvalue weighted by atomic mass is 10.3. The zero-order chi connectivity index (χ0) is 12.4. The number of likely N-dealkylation sites (N-methyl/N-ethyl adjacent to an activating group) is 1. The lowest BCUT2D eigenvalue weighted by Gasteiger charge is -2.14. The van der Waals surface area contributed by atoms with Gasteiger partial charge in [-0.1, -0.05) is 6.92 Å². The fraction of sp³-hybridized carbons (Fsp3) is 0.417. The van der Waals surface area contributed by atoms with Crippen LogP contribution >= 0.6 is 12.2 Å². The molecular weight excluding hydrogens is 237 g/mol. The van der Waals surface area contributed by atoms with Gasteiger partial charge < -0.3 is 14.5 Å². The quantitative estimate of drug-likeness (QED) is 0.847. The molecule has 3 nitrogen and oxygen atoms in total. The lowest BCUT2D eigenvalue weighted by Crippen LogP contribution is -2.22. The molecule has 0 fully saturated rings. The van der Waals surface area contributed by atoms with E-state index in [9.17, 15) is 4.39 Å². The van der Waals surface area contributed by atoms with E-state index in [2.05, 4.69) is 23.9 Å². The van der Waals surface area contributed by atoms with Gasteiger partial charge in [-0.05, 0) is 44.0 Å². The molecule has 1 N–H and O–H groups in total. The summed E-state index contributed by atoms with van der Waals surface area (Å²) in [5, 5.41) is 0. The monoisotopic (exact) mass is 253 g/mol. The molecule has 92 valence electrons.